The summed E-state index contributed by atoms with van der Waals surface area (Å²) in [6.45, 7) is 0. The Hall–Kier alpha value is -2.09. The van der Waals surface area contributed by atoms with Crippen LogP contribution in [0.25, 0.3) is 0 Å². The van der Waals surface area contributed by atoms with Crippen LogP contribution in [0.4, 0.5) is 26.3 Å². The fraction of sp³-hybridized carbons (Fsp3) is 0.214. The number of hydrogen-bond acceptors (Lipinski definition) is 2. The quantitative estimate of drug-likeness (QED) is 0.841. The Kier molecular flexibility index (Phi) is 4.15. The highest BCUT2D eigenvalue weighted by Crippen LogP contribution is 2.38. The van der Waals surface area contributed by atoms with Crippen LogP contribution in [0.3, 0.4) is 0 Å². The maximum atomic E-state index is 12.7. The van der Waals surface area contributed by atoms with Gasteiger partial charge in [0.1, 0.15) is 6.10 Å². The van der Waals surface area contributed by atoms with Crippen LogP contribution < -0.4 is 0 Å². The second kappa shape index (κ2) is 5.60. The highest BCUT2D eigenvalue weighted by Gasteiger charge is 2.37. The number of rotatable bonds is 2. The summed E-state index contributed by atoms with van der Waals surface area (Å²) in [5.41, 5.74) is -3.53. The van der Waals surface area contributed by atoms with Gasteiger partial charge in [-0.3, -0.25) is 4.98 Å². The van der Waals surface area contributed by atoms with E-state index >= 15 is 0 Å². The number of alkyl halides is 6. The monoisotopic (exact) mass is 321 g/mol. The van der Waals surface area contributed by atoms with E-state index in [4.69, 9.17) is 0 Å². The van der Waals surface area contributed by atoms with Crippen molar-refractivity contribution in [1.29, 1.82) is 0 Å². The average molecular weight is 321 g/mol. The van der Waals surface area contributed by atoms with Gasteiger partial charge in [0.15, 0.2) is 0 Å². The van der Waals surface area contributed by atoms with E-state index in [-0.39, 0.29) is 11.8 Å². The minimum Gasteiger partial charge on any atom is -0.382 e. The van der Waals surface area contributed by atoms with Gasteiger partial charge in [0.25, 0.3) is 0 Å². The van der Waals surface area contributed by atoms with Crippen molar-refractivity contribution in [3.8, 4) is 0 Å². The number of aliphatic hydroxyl groups excluding tert-OH is 1. The van der Waals surface area contributed by atoms with Crippen LogP contribution >= 0.6 is 0 Å². The molecule has 1 atom stereocenters. The normalized spacial score (nSPS) is 14.0. The van der Waals surface area contributed by atoms with Gasteiger partial charge in [0.2, 0.25) is 0 Å². The number of aliphatic hydroxyl groups is 1. The predicted molar refractivity (Wildman–Crippen MR) is 64.7 cm³/mol. The summed E-state index contributed by atoms with van der Waals surface area (Å²) >= 11 is 0. The standard InChI is InChI=1S/C14H9F6NO/c15-13(16,17)9-5-8(6-10(7-9)14(18,19)20)12(22)11-3-1-2-4-21-11/h1-7,12,22H/t12-/m1/s1. The SMILES string of the molecule is O[C@H](c1cc(C(F)(F)F)cc(C(F)(F)F)c1)c1ccccn1. The van der Waals surface area contributed by atoms with E-state index < -0.39 is 35.1 Å². The molecule has 0 amide bonds. The molecule has 0 aliphatic rings. The van der Waals surface area contributed by atoms with Gasteiger partial charge < -0.3 is 5.11 Å². The first-order valence-electron chi connectivity index (χ1n) is 5.97. The average Bonchev–Trinajstić information content (AvgIpc) is 2.45. The zero-order valence-corrected chi connectivity index (χ0v) is 10.8. The maximum absolute atomic E-state index is 12.7. The van der Waals surface area contributed by atoms with Crippen LogP contribution in [0.1, 0.15) is 28.5 Å². The molecule has 8 heteroatoms. The van der Waals surface area contributed by atoms with Crippen molar-refractivity contribution < 1.29 is 31.4 Å². The van der Waals surface area contributed by atoms with E-state index in [0.717, 1.165) is 0 Å². The smallest absolute Gasteiger partial charge is 0.382 e. The second-order valence-corrected chi connectivity index (χ2v) is 4.50. The molecule has 0 bridgehead atoms. The number of nitrogens with zero attached hydrogens (tertiary/aromatic N) is 1. The molecule has 2 aromatic rings. The van der Waals surface area contributed by atoms with Crippen molar-refractivity contribution in [1.82, 2.24) is 4.98 Å². The molecule has 0 aliphatic heterocycles. The van der Waals surface area contributed by atoms with Crippen molar-refractivity contribution in [2.45, 2.75) is 18.5 Å². The van der Waals surface area contributed by atoms with Gasteiger partial charge in [-0.25, -0.2) is 0 Å². The van der Waals surface area contributed by atoms with Gasteiger partial charge in [0, 0.05) is 6.20 Å². The predicted octanol–water partition coefficient (Wildman–Crippen LogP) is 4.20. The minimum absolute atomic E-state index is 0.00857. The van der Waals surface area contributed by atoms with Gasteiger partial charge in [-0.1, -0.05) is 6.07 Å². The van der Waals surface area contributed by atoms with E-state index in [1.165, 1.54) is 24.4 Å². The molecule has 1 heterocycles. The number of halogens is 6. The molecule has 0 aliphatic carbocycles. The van der Waals surface area contributed by atoms with Crippen LogP contribution in [0.2, 0.25) is 0 Å². The van der Waals surface area contributed by atoms with E-state index in [1.54, 1.807) is 0 Å². The third kappa shape index (κ3) is 3.56. The Bertz CT molecular complexity index is 618. The minimum atomic E-state index is -4.96. The number of hydrogen-bond donors (Lipinski definition) is 1. The summed E-state index contributed by atoms with van der Waals surface area (Å²) in [5, 5.41) is 9.98. The lowest BCUT2D eigenvalue weighted by Crippen LogP contribution is -2.13. The van der Waals surface area contributed by atoms with E-state index in [9.17, 15) is 31.4 Å². The molecule has 0 fully saturated rings. The van der Waals surface area contributed by atoms with Crippen LogP contribution in [0.5, 0.6) is 0 Å². The van der Waals surface area contributed by atoms with Gasteiger partial charge >= 0.3 is 12.4 Å². The molecule has 1 aromatic carbocycles. The zero-order chi connectivity index (χ0) is 16.5. The molecular formula is C14H9F6NO. The van der Waals surface area contributed by atoms with Gasteiger partial charge in [0.05, 0.1) is 16.8 Å². The molecule has 1 N–H and O–H groups in total. The first-order chi connectivity index (χ1) is 10.1. The summed E-state index contributed by atoms with van der Waals surface area (Å²) in [6.07, 6.45) is -10.3. The van der Waals surface area contributed by atoms with Crippen molar-refractivity contribution >= 4 is 0 Å². The fourth-order valence-corrected chi connectivity index (χ4v) is 1.85. The highest BCUT2D eigenvalue weighted by atomic mass is 19.4. The van der Waals surface area contributed by atoms with Crippen molar-refractivity contribution in [3.05, 3.63) is 65.0 Å². The van der Waals surface area contributed by atoms with Crippen molar-refractivity contribution in [2.24, 2.45) is 0 Å². The van der Waals surface area contributed by atoms with Crippen LogP contribution in [0, 0.1) is 0 Å². The maximum Gasteiger partial charge on any atom is 0.416 e. The van der Waals surface area contributed by atoms with Crippen molar-refractivity contribution in [3.63, 3.8) is 0 Å². The first kappa shape index (κ1) is 16.3. The van der Waals surface area contributed by atoms with E-state index in [1.807, 2.05) is 0 Å². The summed E-state index contributed by atoms with van der Waals surface area (Å²) in [7, 11) is 0. The summed E-state index contributed by atoms with van der Waals surface area (Å²) in [5.74, 6) is 0. The Morgan fingerprint density at radius 1 is 0.864 bits per heavy atom. The van der Waals surface area contributed by atoms with Gasteiger partial charge in [-0.05, 0) is 35.9 Å². The molecule has 0 saturated carbocycles. The molecule has 2 nitrogen and oxygen atoms in total. The zero-order valence-electron chi connectivity index (χ0n) is 10.8. The summed E-state index contributed by atoms with van der Waals surface area (Å²) in [4.78, 5) is 3.73. The molecule has 1 aromatic heterocycles. The highest BCUT2D eigenvalue weighted by molar-refractivity contribution is 5.37. The fourth-order valence-electron chi connectivity index (χ4n) is 1.85. The summed E-state index contributed by atoms with van der Waals surface area (Å²) in [6, 6.07) is 5.24. The first-order valence-corrected chi connectivity index (χ1v) is 5.97. The van der Waals surface area contributed by atoms with Crippen LogP contribution in [-0.2, 0) is 12.4 Å². The molecule has 0 spiro atoms. The Balaban J connectivity index is 2.56. The molecule has 0 unspecified atom stereocenters. The van der Waals surface area contributed by atoms with E-state index in [2.05, 4.69) is 4.98 Å². The van der Waals surface area contributed by atoms with Crippen LogP contribution in [-0.4, -0.2) is 10.1 Å². The Morgan fingerprint density at radius 3 is 1.82 bits per heavy atom. The lowest BCUT2D eigenvalue weighted by molar-refractivity contribution is -0.143. The number of benzene rings is 1. The number of aromatic nitrogens is 1. The topological polar surface area (TPSA) is 33.1 Å². The van der Waals surface area contributed by atoms with Crippen molar-refractivity contribution in [2.75, 3.05) is 0 Å². The Morgan fingerprint density at radius 2 is 1.41 bits per heavy atom. The Labute approximate surface area is 121 Å². The van der Waals surface area contributed by atoms with E-state index in [0.29, 0.717) is 12.1 Å². The van der Waals surface area contributed by atoms with Gasteiger partial charge in [-0.15, -0.1) is 0 Å². The lowest BCUT2D eigenvalue weighted by atomic mass is 9.99. The molecule has 118 valence electrons. The molecule has 0 saturated heterocycles. The molecule has 0 radical (unpaired) electrons. The third-order valence-corrected chi connectivity index (χ3v) is 2.89. The van der Waals surface area contributed by atoms with Crippen LogP contribution in [0.15, 0.2) is 42.6 Å². The molecule has 2 rings (SSSR count). The van der Waals surface area contributed by atoms with Gasteiger partial charge in [-0.2, -0.15) is 26.3 Å². The summed E-state index contributed by atoms with van der Waals surface area (Å²) < 4.78 is 76.4. The molecular weight excluding hydrogens is 312 g/mol. The largest absolute Gasteiger partial charge is 0.416 e. The molecule has 22 heavy (non-hydrogen) atoms. The second-order valence-electron chi connectivity index (χ2n) is 4.50. The third-order valence-electron chi connectivity index (χ3n) is 2.89. The lowest BCUT2D eigenvalue weighted by Gasteiger charge is -2.17. The number of pyridine rings is 1.